The van der Waals surface area contributed by atoms with Crippen LogP contribution in [0.15, 0.2) is 12.1 Å². The van der Waals surface area contributed by atoms with Gasteiger partial charge >= 0.3 is 0 Å². The molecule has 0 radical (unpaired) electrons. The number of ether oxygens (including phenoxy) is 2. The van der Waals surface area contributed by atoms with Crippen LogP contribution in [-0.2, 0) is 11.3 Å². The van der Waals surface area contributed by atoms with Crippen LogP contribution in [0.5, 0.6) is 11.5 Å². The van der Waals surface area contributed by atoms with Crippen molar-refractivity contribution in [3.63, 3.8) is 0 Å². The Morgan fingerprint density at radius 3 is 2.30 bits per heavy atom. The Kier molecular flexibility index (Phi) is 8.38. The second-order valence-corrected chi connectivity index (χ2v) is 7.74. The number of carbonyl (C=O) groups is 1. The van der Waals surface area contributed by atoms with Gasteiger partial charge in [0.05, 0.1) is 14.2 Å². The minimum absolute atomic E-state index is 0.185. The lowest BCUT2D eigenvalue weighted by Crippen LogP contribution is -3.28. The van der Waals surface area contributed by atoms with Crippen LogP contribution in [0, 0.1) is 6.92 Å². The van der Waals surface area contributed by atoms with E-state index in [2.05, 4.69) is 38.2 Å². The number of nitrogens with one attached hydrogen (secondary N) is 3. The summed E-state index contributed by atoms with van der Waals surface area (Å²) >= 11 is 0. The third kappa shape index (κ3) is 6.40. The van der Waals surface area contributed by atoms with Crippen molar-refractivity contribution in [3.05, 3.63) is 23.3 Å². The third-order valence-corrected chi connectivity index (χ3v) is 5.49. The van der Waals surface area contributed by atoms with Crippen molar-refractivity contribution in [2.24, 2.45) is 0 Å². The number of rotatable bonds is 9. The highest BCUT2D eigenvalue weighted by Crippen LogP contribution is 2.29. The SMILES string of the molecule is CCC[C@H](C)NC(=O)C[NH+]1CC[NH+](Cc2cc(OC)c(OC)cc2C)CC1. The highest BCUT2D eigenvalue weighted by atomic mass is 16.5. The largest absolute Gasteiger partial charge is 0.493 e. The summed E-state index contributed by atoms with van der Waals surface area (Å²) in [5.41, 5.74) is 2.54. The van der Waals surface area contributed by atoms with Crippen LogP contribution < -0.4 is 24.6 Å². The Morgan fingerprint density at radius 1 is 1.11 bits per heavy atom. The molecule has 1 fully saturated rings. The van der Waals surface area contributed by atoms with Gasteiger partial charge in [-0.1, -0.05) is 13.3 Å². The molecule has 1 atom stereocenters. The average Bonchev–Trinajstić information content (AvgIpc) is 2.64. The number of benzene rings is 1. The molecule has 1 saturated heterocycles. The number of hydrogen-bond donors (Lipinski definition) is 3. The average molecular weight is 380 g/mol. The quantitative estimate of drug-likeness (QED) is 0.547. The fraction of sp³-hybridized carbons (Fsp3) is 0.667. The number of aryl methyl sites for hydroxylation is 1. The van der Waals surface area contributed by atoms with E-state index < -0.39 is 0 Å². The van der Waals surface area contributed by atoms with Gasteiger partial charge in [0.1, 0.15) is 32.7 Å². The molecule has 0 unspecified atom stereocenters. The van der Waals surface area contributed by atoms with E-state index in [1.165, 1.54) is 16.0 Å². The lowest BCUT2D eigenvalue weighted by Gasteiger charge is -2.30. The Morgan fingerprint density at radius 2 is 1.70 bits per heavy atom. The summed E-state index contributed by atoms with van der Waals surface area (Å²) in [5, 5.41) is 3.12. The van der Waals surface area contributed by atoms with Crippen LogP contribution >= 0.6 is 0 Å². The Hall–Kier alpha value is -1.79. The molecule has 152 valence electrons. The fourth-order valence-corrected chi connectivity index (χ4v) is 3.85. The number of hydrogen-bond acceptors (Lipinski definition) is 3. The van der Waals surface area contributed by atoms with Crippen molar-refractivity contribution in [1.29, 1.82) is 0 Å². The minimum Gasteiger partial charge on any atom is -0.493 e. The second-order valence-electron chi connectivity index (χ2n) is 7.74. The molecule has 0 aliphatic carbocycles. The molecule has 1 amide bonds. The first-order valence-electron chi connectivity index (χ1n) is 10.1. The molecule has 1 aromatic rings. The minimum atomic E-state index is 0.185. The highest BCUT2D eigenvalue weighted by Gasteiger charge is 2.26. The first kappa shape index (κ1) is 21.5. The zero-order valence-electron chi connectivity index (χ0n) is 17.6. The van der Waals surface area contributed by atoms with Gasteiger partial charge in [-0.25, -0.2) is 0 Å². The summed E-state index contributed by atoms with van der Waals surface area (Å²) in [7, 11) is 3.35. The molecule has 2 rings (SSSR count). The lowest BCUT2D eigenvalue weighted by atomic mass is 10.1. The van der Waals surface area contributed by atoms with Crippen LogP contribution in [-0.4, -0.2) is 58.9 Å². The van der Waals surface area contributed by atoms with Crippen molar-refractivity contribution in [2.45, 2.75) is 46.2 Å². The van der Waals surface area contributed by atoms with Gasteiger partial charge in [0.15, 0.2) is 18.0 Å². The predicted molar refractivity (Wildman–Crippen MR) is 107 cm³/mol. The molecule has 0 spiro atoms. The number of carbonyl (C=O) groups excluding carboxylic acids is 1. The van der Waals surface area contributed by atoms with Gasteiger partial charge in [0, 0.05) is 11.6 Å². The molecule has 0 bridgehead atoms. The molecule has 1 aliphatic heterocycles. The normalized spacial score (nSPS) is 20.8. The number of amides is 1. The number of methoxy groups -OCH3 is 2. The highest BCUT2D eigenvalue weighted by molar-refractivity contribution is 5.77. The molecular formula is C21H37N3O3+2. The summed E-state index contributed by atoms with van der Waals surface area (Å²) in [5.74, 6) is 1.76. The molecule has 1 heterocycles. The molecular weight excluding hydrogens is 342 g/mol. The Labute approximate surface area is 163 Å². The van der Waals surface area contributed by atoms with E-state index in [1.807, 2.05) is 0 Å². The molecule has 1 aromatic carbocycles. The molecule has 3 N–H and O–H groups in total. The topological polar surface area (TPSA) is 56.4 Å². The Bertz CT molecular complexity index is 613. The molecule has 6 nitrogen and oxygen atoms in total. The monoisotopic (exact) mass is 379 g/mol. The van der Waals surface area contributed by atoms with Crippen LogP contribution in [0.4, 0.5) is 0 Å². The maximum absolute atomic E-state index is 12.2. The summed E-state index contributed by atoms with van der Waals surface area (Å²) in [6, 6.07) is 4.43. The van der Waals surface area contributed by atoms with Gasteiger partial charge < -0.3 is 24.6 Å². The molecule has 1 aliphatic rings. The molecule has 27 heavy (non-hydrogen) atoms. The van der Waals surface area contributed by atoms with E-state index >= 15 is 0 Å². The molecule has 0 saturated carbocycles. The summed E-state index contributed by atoms with van der Waals surface area (Å²) in [6.07, 6.45) is 2.15. The standard InChI is InChI=1S/C21H35N3O3/c1-6-7-17(3)22-21(25)15-24-10-8-23(9-11-24)14-18-13-20(27-5)19(26-4)12-16(18)2/h12-13,17H,6-11,14-15H2,1-5H3,(H,22,25)/p+2/t17-/m0/s1. The van der Waals surface area contributed by atoms with Crippen LogP contribution in [0.3, 0.4) is 0 Å². The third-order valence-electron chi connectivity index (χ3n) is 5.49. The van der Waals surface area contributed by atoms with Gasteiger partial charge in [-0.3, -0.25) is 4.79 Å². The van der Waals surface area contributed by atoms with E-state index in [0.29, 0.717) is 6.54 Å². The van der Waals surface area contributed by atoms with E-state index in [9.17, 15) is 4.79 Å². The number of piperazine rings is 1. The summed E-state index contributed by atoms with van der Waals surface area (Å²) < 4.78 is 10.8. The first-order chi connectivity index (χ1) is 13.0. The van der Waals surface area contributed by atoms with Gasteiger partial charge in [0.2, 0.25) is 0 Å². The molecule has 0 aromatic heterocycles. The van der Waals surface area contributed by atoms with Crippen molar-refractivity contribution < 1.29 is 24.1 Å². The van der Waals surface area contributed by atoms with Crippen LogP contribution in [0.25, 0.3) is 0 Å². The summed E-state index contributed by atoms with van der Waals surface area (Å²) in [6.45, 7) is 12.2. The van der Waals surface area contributed by atoms with E-state index in [-0.39, 0.29) is 11.9 Å². The van der Waals surface area contributed by atoms with Crippen molar-refractivity contribution in [1.82, 2.24) is 5.32 Å². The predicted octanol–water partition coefficient (Wildman–Crippen LogP) is -0.400. The smallest absolute Gasteiger partial charge is 0.275 e. The molecule has 6 heteroatoms. The van der Waals surface area contributed by atoms with Gasteiger partial charge in [0.25, 0.3) is 5.91 Å². The van der Waals surface area contributed by atoms with Gasteiger partial charge in [-0.05, 0) is 38.0 Å². The van der Waals surface area contributed by atoms with E-state index in [4.69, 9.17) is 9.47 Å². The van der Waals surface area contributed by atoms with Crippen molar-refractivity contribution in [3.8, 4) is 11.5 Å². The van der Waals surface area contributed by atoms with Crippen LogP contribution in [0.2, 0.25) is 0 Å². The number of quaternary nitrogens is 2. The van der Waals surface area contributed by atoms with Gasteiger partial charge in [-0.2, -0.15) is 0 Å². The first-order valence-corrected chi connectivity index (χ1v) is 10.1. The maximum atomic E-state index is 12.2. The van der Waals surface area contributed by atoms with Crippen molar-refractivity contribution >= 4 is 5.91 Å². The van der Waals surface area contributed by atoms with E-state index in [1.54, 1.807) is 19.1 Å². The summed E-state index contributed by atoms with van der Waals surface area (Å²) in [4.78, 5) is 15.1. The maximum Gasteiger partial charge on any atom is 0.275 e. The Balaban J connectivity index is 1.83. The zero-order chi connectivity index (χ0) is 19.8. The zero-order valence-corrected chi connectivity index (χ0v) is 17.6. The van der Waals surface area contributed by atoms with E-state index in [0.717, 1.165) is 57.1 Å². The fourth-order valence-electron chi connectivity index (χ4n) is 3.85. The lowest BCUT2D eigenvalue weighted by molar-refractivity contribution is -1.02. The van der Waals surface area contributed by atoms with Crippen molar-refractivity contribution in [2.75, 3.05) is 46.9 Å². The second kappa shape index (κ2) is 10.5. The van der Waals surface area contributed by atoms with Gasteiger partial charge in [-0.15, -0.1) is 0 Å². The van der Waals surface area contributed by atoms with Crippen LogP contribution in [0.1, 0.15) is 37.8 Å².